The van der Waals surface area contributed by atoms with Crippen molar-refractivity contribution in [3.05, 3.63) is 146 Å². The Kier molecular flexibility index (Phi) is 4.94. The minimum Gasteiger partial charge on any atom is -0.464 e. The summed E-state index contributed by atoms with van der Waals surface area (Å²) in [6.07, 6.45) is 1.72. The largest absolute Gasteiger partial charge is 0.464 e. The normalized spacial score (nSPS) is 12.4. The summed E-state index contributed by atoms with van der Waals surface area (Å²) in [4.78, 5) is 0. The molecule has 8 aromatic carbocycles. The predicted octanol–water partition coefficient (Wildman–Crippen LogP) is 13.8. The van der Waals surface area contributed by atoms with E-state index in [0.29, 0.717) is 0 Å². The SMILES string of the molecule is c1ccc2c(c1)oc1c2ccc2oc3c(-c4c5ccccc5c(-c5ccc6oc7cc8ccoc8cc7c6c5)c5ccccc45)cccc3c21. The lowest BCUT2D eigenvalue weighted by Gasteiger charge is -2.18. The van der Waals surface area contributed by atoms with Gasteiger partial charge in [-0.1, -0.05) is 91.0 Å². The van der Waals surface area contributed by atoms with Gasteiger partial charge in [-0.3, -0.25) is 0 Å². The highest BCUT2D eigenvalue weighted by molar-refractivity contribution is 6.27. The summed E-state index contributed by atoms with van der Waals surface area (Å²) >= 11 is 0. The Morgan fingerprint density at radius 1 is 0.340 bits per heavy atom. The first-order chi connectivity index (χ1) is 24.8. The van der Waals surface area contributed by atoms with Crippen molar-refractivity contribution in [2.45, 2.75) is 0 Å². The second-order valence-corrected chi connectivity index (χ2v) is 13.2. The maximum absolute atomic E-state index is 6.78. The molecule has 4 aromatic heterocycles. The van der Waals surface area contributed by atoms with Crippen LogP contribution in [0.4, 0.5) is 0 Å². The van der Waals surface area contributed by atoms with E-state index < -0.39 is 0 Å². The molecule has 0 amide bonds. The van der Waals surface area contributed by atoms with Crippen LogP contribution in [0.15, 0.2) is 163 Å². The van der Waals surface area contributed by atoms with Crippen LogP contribution in [0, 0.1) is 0 Å². The summed E-state index contributed by atoms with van der Waals surface area (Å²) in [7, 11) is 0. The van der Waals surface area contributed by atoms with Crippen LogP contribution in [0.1, 0.15) is 0 Å². The molecule has 0 atom stereocenters. The number of furan rings is 4. The van der Waals surface area contributed by atoms with Crippen molar-refractivity contribution in [2.75, 3.05) is 0 Å². The van der Waals surface area contributed by atoms with Gasteiger partial charge in [-0.05, 0) is 81.2 Å². The second-order valence-electron chi connectivity index (χ2n) is 13.2. The van der Waals surface area contributed by atoms with Crippen LogP contribution in [-0.2, 0) is 0 Å². The van der Waals surface area contributed by atoms with Gasteiger partial charge < -0.3 is 17.7 Å². The monoisotopic (exact) mass is 640 g/mol. The highest BCUT2D eigenvalue weighted by atomic mass is 16.3. The molecule has 0 fully saturated rings. The molecule has 0 unspecified atom stereocenters. The van der Waals surface area contributed by atoms with Gasteiger partial charge in [0.1, 0.15) is 39.1 Å². The summed E-state index contributed by atoms with van der Waals surface area (Å²) in [6, 6.07) is 49.0. The van der Waals surface area contributed by atoms with Crippen molar-refractivity contribution in [1.82, 2.24) is 0 Å². The number of rotatable bonds is 2. The van der Waals surface area contributed by atoms with Crippen molar-refractivity contribution >= 4 is 98.3 Å². The van der Waals surface area contributed by atoms with E-state index in [-0.39, 0.29) is 0 Å². The van der Waals surface area contributed by atoms with Gasteiger partial charge >= 0.3 is 0 Å². The molecule has 4 heteroatoms. The molecule has 4 heterocycles. The van der Waals surface area contributed by atoms with Crippen LogP contribution in [-0.4, -0.2) is 0 Å². The van der Waals surface area contributed by atoms with Crippen LogP contribution >= 0.6 is 0 Å². The maximum atomic E-state index is 6.78. The lowest BCUT2D eigenvalue weighted by molar-refractivity contribution is 0.616. The molecule has 0 aliphatic rings. The molecule has 0 bridgehead atoms. The Labute approximate surface area is 283 Å². The first-order valence-corrected chi connectivity index (χ1v) is 16.8. The lowest BCUT2D eigenvalue weighted by Crippen LogP contribution is -1.91. The van der Waals surface area contributed by atoms with Gasteiger partial charge in [-0.15, -0.1) is 0 Å². The number of hydrogen-bond donors (Lipinski definition) is 0. The van der Waals surface area contributed by atoms with Crippen LogP contribution in [0.25, 0.3) is 121 Å². The average molecular weight is 641 g/mol. The molecule has 4 nitrogen and oxygen atoms in total. The predicted molar refractivity (Wildman–Crippen MR) is 204 cm³/mol. The minimum absolute atomic E-state index is 0.816. The maximum Gasteiger partial charge on any atom is 0.147 e. The third kappa shape index (κ3) is 3.39. The van der Waals surface area contributed by atoms with Crippen LogP contribution in [0.2, 0.25) is 0 Å². The smallest absolute Gasteiger partial charge is 0.147 e. The molecule has 0 radical (unpaired) electrons. The number of hydrogen-bond acceptors (Lipinski definition) is 4. The third-order valence-corrected chi connectivity index (χ3v) is 10.5. The summed E-state index contributed by atoms with van der Waals surface area (Å²) in [5.41, 5.74) is 10.5. The van der Waals surface area contributed by atoms with E-state index >= 15 is 0 Å². The van der Waals surface area contributed by atoms with Gasteiger partial charge in [0.05, 0.1) is 11.6 Å². The Hall–Kier alpha value is -6.78. The molecular weight excluding hydrogens is 617 g/mol. The van der Waals surface area contributed by atoms with E-state index in [1.54, 1.807) is 6.26 Å². The number of fused-ring (bicyclic) bond motifs is 13. The van der Waals surface area contributed by atoms with E-state index in [1.807, 2.05) is 18.2 Å². The third-order valence-electron chi connectivity index (χ3n) is 10.5. The fourth-order valence-electron chi connectivity index (χ4n) is 8.38. The summed E-state index contributed by atoms with van der Waals surface area (Å²) in [6.45, 7) is 0. The highest BCUT2D eigenvalue weighted by Gasteiger charge is 2.22. The fourth-order valence-corrected chi connectivity index (χ4v) is 8.38. The first-order valence-electron chi connectivity index (χ1n) is 16.8. The molecule has 0 aliphatic carbocycles. The summed E-state index contributed by atoms with van der Waals surface area (Å²) in [5, 5.41) is 12.1. The number of benzene rings is 8. The minimum atomic E-state index is 0.816. The van der Waals surface area contributed by atoms with Gasteiger partial charge in [-0.25, -0.2) is 0 Å². The topological polar surface area (TPSA) is 52.6 Å². The molecule has 0 saturated heterocycles. The van der Waals surface area contributed by atoms with E-state index in [1.165, 1.54) is 16.3 Å². The quantitative estimate of drug-likeness (QED) is 0.176. The Morgan fingerprint density at radius 2 is 1.00 bits per heavy atom. The Morgan fingerprint density at radius 3 is 1.82 bits per heavy atom. The molecule has 0 saturated carbocycles. The van der Waals surface area contributed by atoms with Gasteiger partial charge in [0.15, 0.2) is 0 Å². The van der Waals surface area contributed by atoms with E-state index in [4.69, 9.17) is 17.7 Å². The Bertz CT molecular complexity index is 3330. The zero-order valence-electron chi connectivity index (χ0n) is 26.5. The molecule has 12 rings (SSSR count). The standard InChI is InChI=1S/C46H24O4/c1-3-11-30-28(9-1)42(26-16-18-38-35(22-26)36-24-40-25(20-21-47-40)23-41(36)48-38)29-10-2-4-12-31(29)43(30)33-13-7-14-34-44-39(50-45(33)34)19-17-32-27-8-5-6-15-37(27)49-46(32)44/h1-24H. The lowest BCUT2D eigenvalue weighted by atomic mass is 9.85. The fraction of sp³-hybridized carbons (Fsp3) is 0. The summed E-state index contributed by atoms with van der Waals surface area (Å²) < 4.78 is 25.3. The Balaban J connectivity index is 1.16. The molecular formula is C46H24O4. The van der Waals surface area contributed by atoms with Crippen molar-refractivity contribution in [3.63, 3.8) is 0 Å². The molecule has 12 aromatic rings. The summed E-state index contributed by atoms with van der Waals surface area (Å²) in [5.74, 6) is 0. The van der Waals surface area contributed by atoms with E-state index in [0.717, 1.165) is 104 Å². The van der Waals surface area contributed by atoms with Gasteiger partial charge in [0.25, 0.3) is 0 Å². The zero-order chi connectivity index (χ0) is 32.5. The van der Waals surface area contributed by atoms with Gasteiger partial charge in [-0.2, -0.15) is 0 Å². The average Bonchev–Trinajstić information content (AvgIpc) is 3.94. The van der Waals surface area contributed by atoms with Crippen molar-refractivity contribution in [3.8, 4) is 22.3 Å². The van der Waals surface area contributed by atoms with Gasteiger partial charge in [0.2, 0.25) is 0 Å². The highest BCUT2D eigenvalue weighted by Crippen LogP contribution is 2.48. The number of para-hydroxylation sites is 2. The first kappa shape index (κ1) is 26.2. The van der Waals surface area contributed by atoms with Crippen molar-refractivity contribution < 1.29 is 17.7 Å². The van der Waals surface area contributed by atoms with Gasteiger partial charge in [0, 0.05) is 43.4 Å². The molecule has 0 spiro atoms. The van der Waals surface area contributed by atoms with Crippen molar-refractivity contribution in [2.24, 2.45) is 0 Å². The second kappa shape index (κ2) is 9.43. The van der Waals surface area contributed by atoms with E-state index in [9.17, 15) is 0 Å². The van der Waals surface area contributed by atoms with E-state index in [2.05, 4.69) is 121 Å². The molecule has 0 N–H and O–H groups in total. The van der Waals surface area contributed by atoms with Crippen molar-refractivity contribution in [1.29, 1.82) is 0 Å². The van der Waals surface area contributed by atoms with Crippen LogP contribution in [0.3, 0.4) is 0 Å². The zero-order valence-corrected chi connectivity index (χ0v) is 26.5. The molecule has 0 aliphatic heterocycles. The molecule has 232 valence electrons. The van der Waals surface area contributed by atoms with Crippen LogP contribution in [0.5, 0.6) is 0 Å². The molecule has 50 heavy (non-hydrogen) atoms. The van der Waals surface area contributed by atoms with Crippen LogP contribution < -0.4 is 0 Å².